The largest absolute Gasteiger partial charge is 0.396 e. The van der Waals surface area contributed by atoms with Crippen LogP contribution in [-0.4, -0.2) is 4.98 Å². The van der Waals surface area contributed by atoms with Crippen molar-refractivity contribution in [3.63, 3.8) is 0 Å². The molecule has 4 nitrogen and oxygen atoms in total. The van der Waals surface area contributed by atoms with Crippen LogP contribution in [0.3, 0.4) is 0 Å². The Bertz CT molecular complexity index is 237. The molecule has 0 radical (unpaired) electrons. The van der Waals surface area contributed by atoms with Gasteiger partial charge >= 0.3 is 0 Å². The standard InChI is InChI=1S/C5H7ClN4/c6-5-1-4(10-8)3(7)2-9-5/h1-2H,7-8H2,(H,9,10). The van der Waals surface area contributed by atoms with Crippen LogP contribution in [0.1, 0.15) is 0 Å². The average molecular weight is 159 g/mol. The maximum absolute atomic E-state index is 5.53. The van der Waals surface area contributed by atoms with Gasteiger partial charge in [0, 0.05) is 6.07 Å². The summed E-state index contributed by atoms with van der Waals surface area (Å²) in [6.45, 7) is 0. The third-order valence-electron chi connectivity index (χ3n) is 1.06. The monoisotopic (exact) mass is 158 g/mol. The molecule has 0 bridgehead atoms. The zero-order valence-electron chi connectivity index (χ0n) is 5.13. The number of aromatic nitrogens is 1. The second kappa shape index (κ2) is 2.72. The van der Waals surface area contributed by atoms with Crippen LogP contribution in [0.5, 0.6) is 0 Å². The van der Waals surface area contributed by atoms with Crippen molar-refractivity contribution >= 4 is 23.0 Å². The number of hydrogen-bond donors (Lipinski definition) is 3. The lowest BCUT2D eigenvalue weighted by atomic mass is 10.4. The van der Waals surface area contributed by atoms with E-state index in [0.717, 1.165) is 0 Å². The molecule has 0 unspecified atom stereocenters. The Morgan fingerprint density at radius 3 is 2.80 bits per heavy atom. The van der Waals surface area contributed by atoms with E-state index in [4.69, 9.17) is 23.2 Å². The van der Waals surface area contributed by atoms with Crippen molar-refractivity contribution in [3.8, 4) is 0 Å². The molecular weight excluding hydrogens is 152 g/mol. The van der Waals surface area contributed by atoms with Crippen molar-refractivity contribution in [2.75, 3.05) is 11.2 Å². The van der Waals surface area contributed by atoms with E-state index in [-0.39, 0.29) is 0 Å². The lowest BCUT2D eigenvalue weighted by molar-refractivity contribution is 1.29. The number of pyridine rings is 1. The molecule has 0 spiro atoms. The van der Waals surface area contributed by atoms with Crippen LogP contribution >= 0.6 is 11.6 Å². The van der Waals surface area contributed by atoms with Gasteiger partial charge in [0.15, 0.2) is 0 Å². The van der Waals surface area contributed by atoms with Gasteiger partial charge in [-0.05, 0) is 0 Å². The van der Waals surface area contributed by atoms with E-state index >= 15 is 0 Å². The van der Waals surface area contributed by atoms with Gasteiger partial charge in [0.2, 0.25) is 0 Å². The molecule has 0 fully saturated rings. The van der Waals surface area contributed by atoms with Gasteiger partial charge in [-0.3, -0.25) is 5.84 Å². The Balaban J connectivity index is 3.09. The fraction of sp³-hybridized carbons (Fsp3) is 0. The Labute approximate surface area is 63.2 Å². The quantitative estimate of drug-likeness (QED) is 0.318. The van der Waals surface area contributed by atoms with Crippen molar-refractivity contribution in [2.24, 2.45) is 5.84 Å². The van der Waals surface area contributed by atoms with Gasteiger partial charge in [-0.15, -0.1) is 0 Å². The molecule has 54 valence electrons. The van der Waals surface area contributed by atoms with Crippen molar-refractivity contribution in [2.45, 2.75) is 0 Å². The molecule has 10 heavy (non-hydrogen) atoms. The molecule has 5 N–H and O–H groups in total. The van der Waals surface area contributed by atoms with Crippen molar-refractivity contribution < 1.29 is 0 Å². The fourth-order valence-electron chi connectivity index (χ4n) is 0.565. The number of nitrogens with one attached hydrogen (secondary N) is 1. The highest BCUT2D eigenvalue weighted by Crippen LogP contribution is 2.18. The number of nitrogen functional groups attached to an aromatic ring is 2. The topological polar surface area (TPSA) is 77.0 Å². The number of anilines is 2. The zero-order valence-corrected chi connectivity index (χ0v) is 5.89. The van der Waals surface area contributed by atoms with E-state index in [0.29, 0.717) is 16.5 Å². The number of hydrogen-bond acceptors (Lipinski definition) is 4. The first kappa shape index (κ1) is 7.11. The number of hydrazine groups is 1. The van der Waals surface area contributed by atoms with Gasteiger partial charge in [-0.2, -0.15) is 0 Å². The minimum Gasteiger partial charge on any atom is -0.396 e. The highest BCUT2D eigenvalue weighted by atomic mass is 35.5. The maximum Gasteiger partial charge on any atom is 0.131 e. The fourth-order valence-corrected chi connectivity index (χ4v) is 0.723. The normalized spacial score (nSPS) is 9.40. The van der Waals surface area contributed by atoms with E-state index in [1.807, 2.05) is 0 Å². The number of rotatable bonds is 1. The van der Waals surface area contributed by atoms with E-state index < -0.39 is 0 Å². The third-order valence-corrected chi connectivity index (χ3v) is 1.26. The lowest BCUT2D eigenvalue weighted by Crippen LogP contribution is -2.09. The Morgan fingerprint density at radius 2 is 2.30 bits per heavy atom. The highest BCUT2D eigenvalue weighted by molar-refractivity contribution is 6.29. The summed E-state index contributed by atoms with van der Waals surface area (Å²) >= 11 is 5.53. The molecule has 0 saturated heterocycles. The van der Waals surface area contributed by atoms with E-state index in [2.05, 4.69) is 10.4 Å². The first-order chi connectivity index (χ1) is 4.74. The number of nitrogens with zero attached hydrogens (tertiary/aromatic N) is 1. The molecule has 5 heteroatoms. The second-order valence-electron chi connectivity index (χ2n) is 1.74. The number of halogens is 1. The van der Waals surface area contributed by atoms with Gasteiger partial charge in [-0.25, -0.2) is 4.98 Å². The van der Waals surface area contributed by atoms with Crippen LogP contribution < -0.4 is 17.0 Å². The van der Waals surface area contributed by atoms with E-state index in [1.165, 1.54) is 6.20 Å². The summed E-state index contributed by atoms with van der Waals surface area (Å²) < 4.78 is 0. The van der Waals surface area contributed by atoms with Crippen LogP contribution in [0.2, 0.25) is 5.15 Å². The third kappa shape index (κ3) is 1.29. The highest BCUT2D eigenvalue weighted by Gasteiger charge is 1.96. The second-order valence-corrected chi connectivity index (χ2v) is 2.13. The maximum atomic E-state index is 5.53. The van der Waals surface area contributed by atoms with Crippen molar-refractivity contribution in [3.05, 3.63) is 17.4 Å². The summed E-state index contributed by atoms with van der Waals surface area (Å²) in [6.07, 6.45) is 1.44. The van der Waals surface area contributed by atoms with Gasteiger partial charge in [0.05, 0.1) is 17.6 Å². The van der Waals surface area contributed by atoms with Gasteiger partial charge in [0.1, 0.15) is 5.15 Å². The molecule has 1 aromatic rings. The van der Waals surface area contributed by atoms with Gasteiger partial charge in [0.25, 0.3) is 0 Å². The Morgan fingerprint density at radius 1 is 1.60 bits per heavy atom. The predicted octanol–water partition coefficient (Wildman–Crippen LogP) is 0.603. The lowest BCUT2D eigenvalue weighted by Gasteiger charge is -2.02. The predicted molar refractivity (Wildman–Crippen MR) is 41.5 cm³/mol. The minimum atomic E-state index is 0.363. The molecular formula is C5H7ClN4. The summed E-state index contributed by atoms with van der Waals surface area (Å²) in [4.78, 5) is 3.73. The van der Waals surface area contributed by atoms with Crippen molar-refractivity contribution in [1.29, 1.82) is 0 Å². The summed E-state index contributed by atoms with van der Waals surface area (Å²) in [6, 6.07) is 1.55. The molecule has 1 aromatic heterocycles. The average Bonchev–Trinajstić information content (AvgIpc) is 1.94. The van der Waals surface area contributed by atoms with Crippen LogP contribution in [0.15, 0.2) is 12.3 Å². The van der Waals surface area contributed by atoms with Crippen LogP contribution in [0.4, 0.5) is 11.4 Å². The summed E-state index contributed by atoms with van der Waals surface area (Å²) in [5.74, 6) is 5.10. The van der Waals surface area contributed by atoms with Crippen LogP contribution in [0.25, 0.3) is 0 Å². The summed E-state index contributed by atoms with van der Waals surface area (Å²) in [5.41, 5.74) is 8.88. The molecule has 0 aliphatic carbocycles. The summed E-state index contributed by atoms with van der Waals surface area (Å²) in [5, 5.41) is 0.363. The molecule has 0 amide bonds. The molecule has 0 atom stereocenters. The van der Waals surface area contributed by atoms with Crippen LogP contribution in [0, 0.1) is 0 Å². The molecule has 1 rings (SSSR count). The van der Waals surface area contributed by atoms with Crippen molar-refractivity contribution in [1.82, 2.24) is 4.98 Å². The van der Waals surface area contributed by atoms with Gasteiger partial charge in [-0.1, -0.05) is 11.6 Å². The van der Waals surface area contributed by atoms with Gasteiger partial charge < -0.3 is 11.2 Å². The zero-order chi connectivity index (χ0) is 7.56. The first-order valence-electron chi connectivity index (χ1n) is 2.61. The molecule has 0 aliphatic rings. The minimum absolute atomic E-state index is 0.363. The Hall–Kier alpha value is -1.00. The number of nitrogens with two attached hydrogens (primary N) is 2. The van der Waals surface area contributed by atoms with E-state index in [9.17, 15) is 0 Å². The SMILES string of the molecule is NNc1cc(Cl)ncc1N. The molecule has 0 saturated carbocycles. The molecule has 0 aliphatic heterocycles. The summed E-state index contributed by atoms with van der Waals surface area (Å²) in [7, 11) is 0. The molecule has 1 heterocycles. The van der Waals surface area contributed by atoms with Crippen LogP contribution in [-0.2, 0) is 0 Å². The van der Waals surface area contributed by atoms with E-state index in [1.54, 1.807) is 6.07 Å². The Kier molecular flexibility index (Phi) is 1.94. The smallest absolute Gasteiger partial charge is 0.131 e. The molecule has 0 aromatic carbocycles. The first-order valence-corrected chi connectivity index (χ1v) is 2.99.